The molecule has 6 nitrogen and oxygen atoms in total. The van der Waals surface area contributed by atoms with Crippen molar-refractivity contribution in [1.29, 1.82) is 0 Å². The number of hydrogen-bond donors (Lipinski definition) is 1. The number of amides is 1. The van der Waals surface area contributed by atoms with Gasteiger partial charge in [0.05, 0.1) is 16.9 Å². The Kier molecular flexibility index (Phi) is 5.65. The van der Waals surface area contributed by atoms with E-state index in [1.165, 1.54) is 23.5 Å². The van der Waals surface area contributed by atoms with Crippen LogP contribution in [0.15, 0.2) is 47.0 Å². The van der Waals surface area contributed by atoms with E-state index in [9.17, 15) is 9.18 Å². The monoisotopic (exact) mass is 436 g/mol. The minimum Gasteiger partial charge on any atom is -0.334 e. The van der Waals surface area contributed by atoms with Crippen molar-refractivity contribution in [2.24, 2.45) is 0 Å². The van der Waals surface area contributed by atoms with Crippen LogP contribution in [-0.4, -0.2) is 21.0 Å². The zero-order valence-corrected chi connectivity index (χ0v) is 18.4. The second kappa shape index (κ2) is 8.39. The molecule has 0 saturated heterocycles. The van der Waals surface area contributed by atoms with E-state index in [0.29, 0.717) is 38.5 Å². The van der Waals surface area contributed by atoms with E-state index in [4.69, 9.17) is 4.52 Å². The van der Waals surface area contributed by atoms with E-state index >= 15 is 0 Å². The number of carbonyl (C=O) groups excluding carboxylic acids is 1. The van der Waals surface area contributed by atoms with Crippen LogP contribution in [0.5, 0.6) is 0 Å². The van der Waals surface area contributed by atoms with Gasteiger partial charge < -0.3 is 9.84 Å². The summed E-state index contributed by atoms with van der Waals surface area (Å²) in [5.41, 5.74) is 3.52. The number of aryl methyl sites for hydroxylation is 2. The highest BCUT2D eigenvalue weighted by Crippen LogP contribution is 2.33. The summed E-state index contributed by atoms with van der Waals surface area (Å²) in [6.07, 6.45) is 0. The SMILES string of the molecule is Cc1cccc(-c2nc(C(C)C)no2)c1NC(=O)c1sc(-c2ccc(F)cc2)nc1C. The normalized spacial score (nSPS) is 11.2. The van der Waals surface area contributed by atoms with Crippen molar-refractivity contribution >= 4 is 22.9 Å². The first-order valence-corrected chi connectivity index (χ1v) is 10.6. The standard InChI is InChI=1S/C23H21FN4O2S/c1-12(2)20-27-22(30-28-20)17-7-5-6-13(3)18(17)26-21(29)19-14(4)25-23(31-19)15-8-10-16(24)11-9-15/h5-12H,1-4H3,(H,26,29). The van der Waals surface area contributed by atoms with Crippen molar-refractivity contribution in [3.63, 3.8) is 0 Å². The van der Waals surface area contributed by atoms with Crippen molar-refractivity contribution in [2.75, 3.05) is 5.32 Å². The number of para-hydroxylation sites is 1. The molecular weight excluding hydrogens is 415 g/mol. The lowest BCUT2D eigenvalue weighted by Crippen LogP contribution is -2.13. The number of nitrogens with zero attached hydrogens (tertiary/aromatic N) is 3. The quantitative estimate of drug-likeness (QED) is 0.415. The van der Waals surface area contributed by atoms with Gasteiger partial charge in [0.15, 0.2) is 5.82 Å². The second-order valence-electron chi connectivity index (χ2n) is 7.50. The van der Waals surface area contributed by atoms with Crippen molar-refractivity contribution in [1.82, 2.24) is 15.1 Å². The summed E-state index contributed by atoms with van der Waals surface area (Å²) in [5.74, 6) is 0.503. The number of nitrogens with one attached hydrogen (secondary N) is 1. The van der Waals surface area contributed by atoms with Crippen molar-refractivity contribution < 1.29 is 13.7 Å². The molecule has 4 rings (SSSR count). The van der Waals surface area contributed by atoms with Crippen molar-refractivity contribution in [3.05, 3.63) is 70.2 Å². The summed E-state index contributed by atoms with van der Waals surface area (Å²) in [7, 11) is 0. The molecule has 1 amide bonds. The Morgan fingerprint density at radius 1 is 1.10 bits per heavy atom. The van der Waals surface area contributed by atoms with E-state index < -0.39 is 0 Å². The molecule has 31 heavy (non-hydrogen) atoms. The molecule has 158 valence electrons. The van der Waals surface area contributed by atoms with Crippen LogP contribution in [0.2, 0.25) is 0 Å². The van der Waals surface area contributed by atoms with Crippen molar-refractivity contribution in [3.8, 4) is 22.0 Å². The largest absolute Gasteiger partial charge is 0.334 e. The van der Waals surface area contributed by atoms with E-state index in [0.717, 1.165) is 11.1 Å². The highest BCUT2D eigenvalue weighted by atomic mass is 32.1. The maximum atomic E-state index is 13.2. The first-order valence-electron chi connectivity index (χ1n) is 9.81. The maximum absolute atomic E-state index is 13.2. The van der Waals surface area contributed by atoms with Gasteiger partial charge in [-0.05, 0) is 49.7 Å². The van der Waals surface area contributed by atoms with Gasteiger partial charge in [-0.2, -0.15) is 4.98 Å². The van der Waals surface area contributed by atoms with E-state index in [1.807, 2.05) is 39.0 Å². The molecule has 0 spiro atoms. The fraction of sp³-hybridized carbons (Fsp3) is 0.217. The zero-order valence-electron chi connectivity index (χ0n) is 17.6. The smallest absolute Gasteiger partial charge is 0.267 e. The molecule has 0 saturated carbocycles. The Labute approximate surface area is 183 Å². The number of benzene rings is 2. The van der Waals surface area contributed by atoms with Crippen LogP contribution in [0.1, 0.15) is 46.5 Å². The van der Waals surface area contributed by atoms with Gasteiger partial charge in [0, 0.05) is 11.5 Å². The summed E-state index contributed by atoms with van der Waals surface area (Å²) in [5, 5.41) is 7.67. The third kappa shape index (κ3) is 4.25. The molecule has 1 N–H and O–H groups in total. The van der Waals surface area contributed by atoms with E-state index in [-0.39, 0.29) is 17.6 Å². The molecule has 0 radical (unpaired) electrons. The fourth-order valence-electron chi connectivity index (χ4n) is 3.08. The van der Waals surface area contributed by atoms with Gasteiger partial charge in [0.2, 0.25) is 0 Å². The molecule has 0 fully saturated rings. The molecule has 0 aliphatic rings. The van der Waals surface area contributed by atoms with Crippen LogP contribution in [0, 0.1) is 19.7 Å². The Morgan fingerprint density at radius 3 is 2.52 bits per heavy atom. The van der Waals surface area contributed by atoms with Crippen LogP contribution in [0.4, 0.5) is 10.1 Å². The summed E-state index contributed by atoms with van der Waals surface area (Å²) in [4.78, 5) is 22.6. The lowest BCUT2D eigenvalue weighted by molar-refractivity contribution is 0.102. The van der Waals surface area contributed by atoms with Gasteiger partial charge >= 0.3 is 0 Å². The first-order chi connectivity index (χ1) is 14.8. The molecule has 2 heterocycles. The van der Waals surface area contributed by atoms with Gasteiger partial charge in [-0.1, -0.05) is 31.1 Å². The average molecular weight is 437 g/mol. The molecular formula is C23H21FN4O2S. The summed E-state index contributed by atoms with van der Waals surface area (Å²) >= 11 is 1.26. The van der Waals surface area contributed by atoms with Crippen LogP contribution in [0.25, 0.3) is 22.0 Å². The molecule has 0 bridgehead atoms. The molecule has 8 heteroatoms. The van der Waals surface area contributed by atoms with Gasteiger partial charge in [-0.3, -0.25) is 4.79 Å². The minimum absolute atomic E-state index is 0.130. The highest BCUT2D eigenvalue weighted by Gasteiger charge is 2.21. The van der Waals surface area contributed by atoms with Gasteiger partial charge in [-0.15, -0.1) is 11.3 Å². The summed E-state index contributed by atoms with van der Waals surface area (Å²) < 4.78 is 18.7. The molecule has 2 aromatic heterocycles. The first kappa shape index (κ1) is 20.9. The minimum atomic E-state index is -0.316. The predicted molar refractivity (Wildman–Crippen MR) is 119 cm³/mol. The number of hydrogen-bond acceptors (Lipinski definition) is 6. The Morgan fingerprint density at radius 2 is 1.84 bits per heavy atom. The predicted octanol–water partition coefficient (Wildman–Crippen LogP) is 5.99. The van der Waals surface area contributed by atoms with Crippen LogP contribution in [0.3, 0.4) is 0 Å². The van der Waals surface area contributed by atoms with Crippen LogP contribution < -0.4 is 5.32 Å². The summed E-state index contributed by atoms with van der Waals surface area (Å²) in [6, 6.07) is 11.7. The third-order valence-corrected chi connectivity index (χ3v) is 6.00. The van der Waals surface area contributed by atoms with Crippen LogP contribution in [-0.2, 0) is 0 Å². The number of halogens is 1. The highest BCUT2D eigenvalue weighted by molar-refractivity contribution is 7.17. The van der Waals surface area contributed by atoms with Gasteiger partial charge in [-0.25, -0.2) is 9.37 Å². The maximum Gasteiger partial charge on any atom is 0.267 e. The lowest BCUT2D eigenvalue weighted by atomic mass is 10.1. The fourth-order valence-corrected chi connectivity index (χ4v) is 4.05. The topological polar surface area (TPSA) is 80.9 Å². The second-order valence-corrected chi connectivity index (χ2v) is 8.50. The van der Waals surface area contributed by atoms with Crippen LogP contribution >= 0.6 is 11.3 Å². The molecule has 0 unspecified atom stereocenters. The molecule has 4 aromatic rings. The number of aromatic nitrogens is 3. The number of rotatable bonds is 5. The molecule has 0 atom stereocenters. The Balaban J connectivity index is 1.65. The number of thiazole rings is 1. The molecule has 0 aliphatic heterocycles. The zero-order chi connectivity index (χ0) is 22.1. The lowest BCUT2D eigenvalue weighted by Gasteiger charge is -2.11. The number of anilines is 1. The van der Waals surface area contributed by atoms with Gasteiger partial charge in [0.25, 0.3) is 11.8 Å². The molecule has 0 aliphatic carbocycles. The average Bonchev–Trinajstić information content (AvgIpc) is 3.37. The third-order valence-electron chi connectivity index (χ3n) is 4.79. The van der Waals surface area contributed by atoms with E-state index in [1.54, 1.807) is 19.1 Å². The number of carbonyl (C=O) groups is 1. The Bertz CT molecular complexity index is 1240. The molecule has 2 aromatic carbocycles. The van der Waals surface area contributed by atoms with Gasteiger partial charge in [0.1, 0.15) is 15.7 Å². The van der Waals surface area contributed by atoms with E-state index in [2.05, 4.69) is 20.4 Å². The Hall–Kier alpha value is -3.39. The summed E-state index contributed by atoms with van der Waals surface area (Å²) in [6.45, 7) is 7.66. The van der Waals surface area contributed by atoms with Crippen molar-refractivity contribution in [2.45, 2.75) is 33.6 Å².